The highest BCUT2D eigenvalue weighted by molar-refractivity contribution is 9.10. The number of aliphatic hydroxyl groups excluding tert-OH is 1. The Labute approximate surface area is 119 Å². The maximum Gasteiger partial charge on any atom is 0.252 e. The van der Waals surface area contributed by atoms with Crippen LogP contribution in [-0.2, 0) is 0 Å². The summed E-state index contributed by atoms with van der Waals surface area (Å²) in [7, 11) is 0. The molecule has 1 amide bonds. The Morgan fingerprint density at radius 1 is 1.50 bits per heavy atom. The fourth-order valence-corrected chi connectivity index (χ4v) is 2.53. The van der Waals surface area contributed by atoms with Crippen LogP contribution in [0.3, 0.4) is 0 Å². The minimum Gasteiger partial charge on any atom is -0.396 e. The van der Waals surface area contributed by atoms with Crippen LogP contribution < -0.4 is 5.32 Å². The van der Waals surface area contributed by atoms with E-state index in [1.807, 2.05) is 12.2 Å². The van der Waals surface area contributed by atoms with Crippen molar-refractivity contribution in [3.05, 3.63) is 45.4 Å². The van der Waals surface area contributed by atoms with Gasteiger partial charge < -0.3 is 10.4 Å². The molecule has 1 aromatic carbocycles. The van der Waals surface area contributed by atoms with Gasteiger partial charge in [0.1, 0.15) is 0 Å². The van der Waals surface area contributed by atoms with Crippen molar-refractivity contribution in [2.24, 2.45) is 5.92 Å². The van der Waals surface area contributed by atoms with Crippen LogP contribution in [0.5, 0.6) is 0 Å². The van der Waals surface area contributed by atoms with Gasteiger partial charge >= 0.3 is 0 Å². The Morgan fingerprint density at radius 2 is 2.28 bits per heavy atom. The molecule has 0 fully saturated rings. The lowest BCUT2D eigenvalue weighted by Gasteiger charge is -2.13. The minimum absolute atomic E-state index is 0.0273. The lowest BCUT2D eigenvalue weighted by molar-refractivity contribution is 0.0940. The number of hydrogen-bond donors (Lipinski definition) is 2. The summed E-state index contributed by atoms with van der Waals surface area (Å²) in [6.45, 7) is 0.115. The van der Waals surface area contributed by atoms with Gasteiger partial charge in [-0.05, 0) is 40.5 Å². The second-order valence-electron chi connectivity index (χ2n) is 4.27. The highest BCUT2D eigenvalue weighted by atomic mass is 79.9. The summed E-state index contributed by atoms with van der Waals surface area (Å²) in [6, 6.07) is 5.07. The van der Waals surface area contributed by atoms with E-state index in [-0.39, 0.29) is 24.5 Å². The van der Waals surface area contributed by atoms with Gasteiger partial charge in [-0.25, -0.2) is 0 Å². The molecule has 3 nitrogen and oxygen atoms in total. The van der Waals surface area contributed by atoms with E-state index in [0.717, 1.165) is 6.42 Å². The van der Waals surface area contributed by atoms with E-state index in [1.54, 1.807) is 18.2 Å². The first-order chi connectivity index (χ1) is 8.60. The predicted octanol–water partition coefficient (Wildman–Crippen LogP) is 2.77. The van der Waals surface area contributed by atoms with Crippen molar-refractivity contribution in [2.45, 2.75) is 12.5 Å². The zero-order chi connectivity index (χ0) is 13.1. The molecule has 2 N–H and O–H groups in total. The van der Waals surface area contributed by atoms with Crippen molar-refractivity contribution in [1.82, 2.24) is 5.32 Å². The number of carbonyl (C=O) groups is 1. The van der Waals surface area contributed by atoms with E-state index in [9.17, 15) is 4.79 Å². The van der Waals surface area contributed by atoms with Gasteiger partial charge in [0.25, 0.3) is 5.91 Å². The Morgan fingerprint density at radius 3 is 2.94 bits per heavy atom. The van der Waals surface area contributed by atoms with Crippen LogP contribution in [0.1, 0.15) is 16.8 Å². The number of nitrogens with one attached hydrogen (secondary N) is 1. The second-order valence-corrected chi connectivity index (χ2v) is 5.56. The zero-order valence-electron chi connectivity index (χ0n) is 9.57. The quantitative estimate of drug-likeness (QED) is 0.837. The third-order valence-electron chi connectivity index (χ3n) is 2.90. The Balaban J connectivity index is 2.04. The van der Waals surface area contributed by atoms with Gasteiger partial charge in [0, 0.05) is 28.1 Å². The molecule has 18 heavy (non-hydrogen) atoms. The highest BCUT2D eigenvalue weighted by Crippen LogP contribution is 2.22. The predicted molar refractivity (Wildman–Crippen MR) is 74.7 cm³/mol. The molecule has 96 valence electrons. The summed E-state index contributed by atoms with van der Waals surface area (Å²) < 4.78 is 0.713. The molecule has 1 aliphatic carbocycles. The van der Waals surface area contributed by atoms with E-state index in [1.165, 1.54) is 0 Å². The molecule has 0 radical (unpaired) electrons. The van der Waals surface area contributed by atoms with E-state index < -0.39 is 0 Å². The fourth-order valence-electron chi connectivity index (χ4n) is 1.93. The first kappa shape index (κ1) is 13.6. The number of amides is 1. The summed E-state index contributed by atoms with van der Waals surface area (Å²) in [4.78, 5) is 12.1. The van der Waals surface area contributed by atoms with Gasteiger partial charge in [-0.2, -0.15) is 0 Å². The van der Waals surface area contributed by atoms with Crippen molar-refractivity contribution < 1.29 is 9.90 Å². The molecule has 0 saturated heterocycles. The van der Waals surface area contributed by atoms with Gasteiger partial charge in [0.15, 0.2) is 0 Å². The van der Waals surface area contributed by atoms with Gasteiger partial charge in [0.05, 0.1) is 5.56 Å². The number of aliphatic hydroxyl groups is 1. The van der Waals surface area contributed by atoms with E-state index in [2.05, 4.69) is 21.2 Å². The van der Waals surface area contributed by atoms with Gasteiger partial charge in [-0.3, -0.25) is 4.79 Å². The largest absolute Gasteiger partial charge is 0.396 e. The summed E-state index contributed by atoms with van der Waals surface area (Å²) in [5.41, 5.74) is 0.517. The van der Waals surface area contributed by atoms with Crippen LogP contribution in [0.25, 0.3) is 0 Å². The second kappa shape index (κ2) is 5.87. The highest BCUT2D eigenvalue weighted by Gasteiger charge is 2.21. The lowest BCUT2D eigenvalue weighted by Crippen LogP contribution is -2.33. The number of rotatable bonds is 3. The molecule has 2 atom stereocenters. The van der Waals surface area contributed by atoms with Crippen molar-refractivity contribution >= 4 is 33.4 Å². The molecule has 0 bridgehead atoms. The van der Waals surface area contributed by atoms with Crippen LogP contribution in [0.2, 0.25) is 5.02 Å². The number of hydrogen-bond acceptors (Lipinski definition) is 2. The molecule has 0 spiro atoms. The maximum absolute atomic E-state index is 12.1. The van der Waals surface area contributed by atoms with Gasteiger partial charge in [0.2, 0.25) is 0 Å². The number of halogens is 2. The van der Waals surface area contributed by atoms with Gasteiger partial charge in [-0.15, -0.1) is 0 Å². The van der Waals surface area contributed by atoms with Crippen LogP contribution >= 0.6 is 27.5 Å². The molecule has 0 saturated carbocycles. The molecule has 1 aromatic rings. The van der Waals surface area contributed by atoms with E-state index in [0.29, 0.717) is 15.1 Å². The summed E-state index contributed by atoms with van der Waals surface area (Å²) in [5, 5.41) is 12.5. The van der Waals surface area contributed by atoms with Crippen molar-refractivity contribution in [3.8, 4) is 0 Å². The van der Waals surface area contributed by atoms with Crippen LogP contribution in [0, 0.1) is 5.92 Å². The Bertz CT molecular complexity index is 490. The SMILES string of the molecule is O=C(N[C@@H]1C=C[C@H](CO)C1)c1cc(Cl)ccc1Br. The number of benzene rings is 1. The monoisotopic (exact) mass is 329 g/mol. The first-order valence-corrected chi connectivity index (χ1v) is 6.82. The van der Waals surface area contributed by atoms with Crippen LogP contribution in [-0.4, -0.2) is 23.7 Å². The first-order valence-electron chi connectivity index (χ1n) is 5.65. The minimum atomic E-state index is -0.169. The third kappa shape index (κ3) is 3.13. The summed E-state index contributed by atoms with van der Waals surface area (Å²) >= 11 is 9.20. The van der Waals surface area contributed by atoms with E-state index >= 15 is 0 Å². The smallest absolute Gasteiger partial charge is 0.252 e. The molecule has 0 heterocycles. The molecular formula is C13H13BrClNO2. The van der Waals surface area contributed by atoms with Crippen molar-refractivity contribution in [3.63, 3.8) is 0 Å². The standard InChI is InChI=1S/C13H13BrClNO2/c14-12-4-2-9(15)6-11(12)13(18)16-10-3-1-8(5-10)7-17/h1-4,6,8,10,17H,5,7H2,(H,16,18)/t8-,10+/m0/s1. The average molecular weight is 331 g/mol. The lowest BCUT2D eigenvalue weighted by atomic mass is 10.1. The molecule has 1 aliphatic rings. The maximum atomic E-state index is 12.1. The van der Waals surface area contributed by atoms with Gasteiger partial charge in [-0.1, -0.05) is 23.8 Å². The number of carbonyl (C=O) groups excluding carboxylic acids is 1. The molecule has 5 heteroatoms. The topological polar surface area (TPSA) is 49.3 Å². The van der Waals surface area contributed by atoms with Crippen molar-refractivity contribution in [1.29, 1.82) is 0 Å². The normalized spacial score (nSPS) is 22.2. The molecule has 0 aromatic heterocycles. The Kier molecular flexibility index (Phi) is 4.43. The van der Waals surface area contributed by atoms with Crippen LogP contribution in [0.4, 0.5) is 0 Å². The summed E-state index contributed by atoms with van der Waals surface area (Å²) in [5.74, 6) is -0.0317. The van der Waals surface area contributed by atoms with E-state index in [4.69, 9.17) is 16.7 Å². The molecule has 2 rings (SSSR count). The third-order valence-corrected chi connectivity index (χ3v) is 3.82. The van der Waals surface area contributed by atoms with Crippen LogP contribution in [0.15, 0.2) is 34.8 Å². The Hall–Kier alpha value is -0.840. The zero-order valence-corrected chi connectivity index (χ0v) is 11.9. The average Bonchev–Trinajstić information content (AvgIpc) is 2.80. The molecule has 0 unspecified atom stereocenters. The molecule has 0 aliphatic heterocycles. The van der Waals surface area contributed by atoms with Crippen molar-refractivity contribution in [2.75, 3.05) is 6.61 Å². The molecular weight excluding hydrogens is 318 g/mol. The fraction of sp³-hybridized carbons (Fsp3) is 0.308. The summed E-state index contributed by atoms with van der Waals surface area (Å²) in [6.07, 6.45) is 4.58.